The highest BCUT2D eigenvalue weighted by molar-refractivity contribution is 14.1. The van der Waals surface area contributed by atoms with Gasteiger partial charge in [0, 0.05) is 38.6 Å². The first-order valence-electron chi connectivity index (χ1n) is 13.3. The fraction of sp³-hybridized carbons (Fsp3) is 0.840. The predicted molar refractivity (Wildman–Crippen MR) is 151 cm³/mol. The number of carbonyl (C=O) groups is 4. The quantitative estimate of drug-likeness (QED) is 0.118. The first-order chi connectivity index (χ1) is 17.1. The van der Waals surface area contributed by atoms with E-state index in [1.165, 1.54) is 12.8 Å². The van der Waals surface area contributed by atoms with Crippen LogP contribution in [0.5, 0.6) is 0 Å². The molecule has 0 bridgehead atoms. The molecule has 0 aliphatic carbocycles. The van der Waals surface area contributed by atoms with Gasteiger partial charge in [0.2, 0.25) is 17.7 Å². The van der Waals surface area contributed by atoms with Gasteiger partial charge in [-0.1, -0.05) is 63.1 Å². The van der Waals surface area contributed by atoms with Crippen molar-refractivity contribution in [3.05, 3.63) is 0 Å². The van der Waals surface area contributed by atoms with Crippen LogP contribution in [-0.2, 0) is 14.4 Å². The molecule has 0 radical (unpaired) electrons. The lowest BCUT2D eigenvalue weighted by atomic mass is 10.0. The molecule has 1 aliphatic heterocycles. The number of unbranched alkanes of at least 4 members (excludes halogenated alkanes) is 3. The molecule has 0 unspecified atom stereocenters. The number of halogens is 1. The highest BCUT2D eigenvalue weighted by Gasteiger charge is 2.32. The van der Waals surface area contributed by atoms with Crippen molar-refractivity contribution in [3.63, 3.8) is 0 Å². The molecule has 36 heavy (non-hydrogen) atoms. The van der Waals surface area contributed by atoms with Gasteiger partial charge in [-0.05, 0) is 42.6 Å². The van der Waals surface area contributed by atoms with Crippen LogP contribution < -0.4 is 21.7 Å². The smallest absolute Gasteiger partial charge is 0.312 e. The van der Waals surface area contributed by atoms with Gasteiger partial charge < -0.3 is 31.5 Å². The van der Waals surface area contributed by atoms with Crippen LogP contribution in [0.25, 0.3) is 0 Å². The van der Waals surface area contributed by atoms with Gasteiger partial charge in [-0.15, -0.1) is 0 Å². The number of alkyl halides is 1. The molecule has 0 saturated carbocycles. The lowest BCUT2D eigenvalue weighted by molar-refractivity contribution is -0.143. The molecule has 5 amide bonds. The Morgan fingerprint density at radius 2 is 1.42 bits per heavy atom. The van der Waals surface area contributed by atoms with E-state index < -0.39 is 18.1 Å². The number of piperazine rings is 1. The maximum atomic E-state index is 13.4. The summed E-state index contributed by atoms with van der Waals surface area (Å²) in [5.74, 6) is -0.266. The summed E-state index contributed by atoms with van der Waals surface area (Å²) in [4.78, 5) is 53.4. The van der Waals surface area contributed by atoms with E-state index in [2.05, 4.69) is 38.5 Å². The third kappa shape index (κ3) is 12.1. The molecule has 2 atom stereocenters. The minimum atomic E-state index is -0.703. The van der Waals surface area contributed by atoms with Gasteiger partial charge in [-0.25, -0.2) is 4.79 Å². The van der Waals surface area contributed by atoms with Crippen molar-refractivity contribution < 1.29 is 19.2 Å². The summed E-state index contributed by atoms with van der Waals surface area (Å²) >= 11 is 2.39. The minimum absolute atomic E-state index is 0.0669. The number of hydrogen-bond donors (Lipinski definition) is 4. The monoisotopic (exact) mass is 622 g/mol. The van der Waals surface area contributed by atoms with E-state index in [0.717, 1.165) is 23.8 Å². The van der Waals surface area contributed by atoms with Crippen molar-refractivity contribution in [2.45, 2.75) is 78.3 Å². The van der Waals surface area contributed by atoms with E-state index in [-0.39, 0.29) is 29.6 Å². The number of nitrogens with zero attached hydrogens (tertiary/aromatic N) is 2. The van der Waals surface area contributed by atoms with Crippen molar-refractivity contribution in [1.29, 1.82) is 0 Å². The minimum Gasteiger partial charge on any atom is -0.352 e. The average molecular weight is 623 g/mol. The fourth-order valence-electron chi connectivity index (χ4n) is 4.23. The lowest BCUT2D eigenvalue weighted by Crippen LogP contribution is -2.58. The van der Waals surface area contributed by atoms with E-state index in [1.807, 2.05) is 27.7 Å². The van der Waals surface area contributed by atoms with E-state index >= 15 is 0 Å². The van der Waals surface area contributed by atoms with E-state index in [4.69, 9.17) is 5.73 Å². The highest BCUT2D eigenvalue weighted by Crippen LogP contribution is 2.12. The lowest BCUT2D eigenvalue weighted by Gasteiger charge is -2.37. The van der Waals surface area contributed by atoms with E-state index in [1.54, 1.807) is 9.80 Å². The van der Waals surface area contributed by atoms with Crippen LogP contribution in [0.1, 0.15) is 66.2 Å². The Morgan fingerprint density at radius 1 is 0.833 bits per heavy atom. The summed E-state index contributed by atoms with van der Waals surface area (Å²) in [7, 11) is 0. The maximum absolute atomic E-state index is 13.4. The molecular weight excluding hydrogens is 575 g/mol. The first-order valence-corrected chi connectivity index (χ1v) is 14.8. The standard InChI is InChI=1S/C25H47IN6O4/c1-18(2)21(28-12-8-6-5-7-11-26)22(33)30-20(10-9-13-29-25(27)36)24(35)32-16-14-31(15-17-32)23(34)19(3)4/h18-21,28H,5-17H2,1-4H3,(H,30,33)(H3,27,29,36)/t20-,21-/m0/s1. The molecule has 1 rings (SSSR count). The molecule has 0 spiro atoms. The number of primary amides is 1. The second kappa shape index (κ2) is 17.8. The van der Waals surface area contributed by atoms with Gasteiger partial charge in [-0.2, -0.15) is 0 Å². The molecule has 1 aliphatic rings. The molecule has 11 heteroatoms. The number of urea groups is 1. The van der Waals surface area contributed by atoms with Gasteiger partial charge in [-0.3, -0.25) is 14.4 Å². The number of nitrogens with one attached hydrogen (secondary N) is 3. The molecule has 5 N–H and O–H groups in total. The molecule has 10 nitrogen and oxygen atoms in total. The van der Waals surface area contributed by atoms with Crippen LogP contribution in [0.3, 0.4) is 0 Å². The summed E-state index contributed by atoms with van der Waals surface area (Å²) in [6.07, 6.45) is 5.42. The van der Waals surface area contributed by atoms with Crippen LogP contribution in [0, 0.1) is 11.8 Å². The zero-order valence-electron chi connectivity index (χ0n) is 22.5. The first kappa shape index (κ1) is 32.4. The van der Waals surface area contributed by atoms with Gasteiger partial charge in [0.1, 0.15) is 6.04 Å². The number of hydrogen-bond acceptors (Lipinski definition) is 5. The third-order valence-corrected chi connectivity index (χ3v) is 7.12. The van der Waals surface area contributed by atoms with Gasteiger partial charge in [0.25, 0.3) is 0 Å². The van der Waals surface area contributed by atoms with Crippen LogP contribution >= 0.6 is 22.6 Å². The van der Waals surface area contributed by atoms with Crippen molar-refractivity contribution in [3.8, 4) is 0 Å². The molecule has 1 saturated heterocycles. The molecule has 1 heterocycles. The predicted octanol–water partition coefficient (Wildman–Crippen LogP) is 1.86. The van der Waals surface area contributed by atoms with E-state index in [9.17, 15) is 19.2 Å². The summed E-state index contributed by atoms with van der Waals surface area (Å²) in [6.45, 7) is 10.7. The van der Waals surface area contributed by atoms with Crippen molar-refractivity contribution in [2.24, 2.45) is 17.6 Å². The van der Waals surface area contributed by atoms with Crippen molar-refractivity contribution in [2.75, 3.05) is 43.7 Å². The number of nitrogens with two attached hydrogens (primary N) is 1. The Bertz CT molecular complexity index is 698. The second-order valence-corrected chi connectivity index (χ2v) is 11.2. The Morgan fingerprint density at radius 3 is 1.94 bits per heavy atom. The highest BCUT2D eigenvalue weighted by atomic mass is 127. The van der Waals surface area contributed by atoms with Gasteiger partial charge in [0.05, 0.1) is 6.04 Å². The third-order valence-electron chi connectivity index (χ3n) is 6.35. The largest absolute Gasteiger partial charge is 0.352 e. The number of rotatable bonds is 16. The maximum Gasteiger partial charge on any atom is 0.312 e. The van der Waals surface area contributed by atoms with Gasteiger partial charge >= 0.3 is 6.03 Å². The zero-order valence-corrected chi connectivity index (χ0v) is 24.6. The molecule has 208 valence electrons. The number of amides is 5. The van der Waals surface area contributed by atoms with Crippen molar-refractivity contribution in [1.82, 2.24) is 25.8 Å². The molecule has 0 aromatic heterocycles. The Balaban J connectivity index is 2.76. The average Bonchev–Trinajstić information content (AvgIpc) is 2.84. The molecular formula is C25H47IN6O4. The Labute approximate surface area is 230 Å². The normalized spacial score (nSPS) is 15.6. The van der Waals surface area contributed by atoms with Crippen LogP contribution in [0.2, 0.25) is 0 Å². The van der Waals surface area contributed by atoms with Crippen LogP contribution in [0.4, 0.5) is 4.79 Å². The molecule has 0 aromatic carbocycles. The summed E-state index contributed by atoms with van der Waals surface area (Å²) < 4.78 is 1.16. The summed E-state index contributed by atoms with van der Waals surface area (Å²) in [5, 5.41) is 8.89. The molecule has 0 aromatic rings. The van der Waals surface area contributed by atoms with Gasteiger partial charge in [0.15, 0.2) is 0 Å². The van der Waals surface area contributed by atoms with Crippen LogP contribution in [0.15, 0.2) is 0 Å². The topological polar surface area (TPSA) is 137 Å². The molecule has 1 fully saturated rings. The Hall–Kier alpha value is -1.63. The van der Waals surface area contributed by atoms with Crippen molar-refractivity contribution >= 4 is 46.3 Å². The second-order valence-electron chi connectivity index (χ2n) is 10.1. The van der Waals surface area contributed by atoms with Crippen LogP contribution in [-0.4, -0.2) is 89.3 Å². The SMILES string of the molecule is CC(C)C(=O)N1CCN(C(=O)[C@H](CCCNC(N)=O)NC(=O)[C@@H](NCCCCCCI)C(C)C)CC1. The summed E-state index contributed by atoms with van der Waals surface area (Å²) in [5.41, 5.74) is 5.15. The Kier molecular flexibility index (Phi) is 16.0. The zero-order chi connectivity index (χ0) is 27.1. The van der Waals surface area contributed by atoms with E-state index in [0.29, 0.717) is 45.6 Å². The number of carbonyl (C=O) groups excluding carboxylic acids is 4. The fourth-order valence-corrected chi connectivity index (χ4v) is 4.77. The summed E-state index contributed by atoms with van der Waals surface area (Å²) in [6, 6.07) is -1.71.